The molecule has 0 radical (unpaired) electrons. The van der Waals surface area contributed by atoms with Gasteiger partial charge in [-0.15, -0.1) is 5.10 Å². The summed E-state index contributed by atoms with van der Waals surface area (Å²) in [5, 5.41) is 7.03. The zero-order chi connectivity index (χ0) is 14.5. The van der Waals surface area contributed by atoms with Crippen molar-refractivity contribution < 1.29 is 13.9 Å². The summed E-state index contributed by atoms with van der Waals surface area (Å²) in [6.07, 6.45) is 3.80. The van der Waals surface area contributed by atoms with Crippen LogP contribution in [0.3, 0.4) is 0 Å². The van der Waals surface area contributed by atoms with Crippen molar-refractivity contribution in [3.05, 3.63) is 27.7 Å². The Morgan fingerprint density at radius 2 is 2.20 bits per heavy atom. The highest BCUT2D eigenvalue weighted by Gasteiger charge is 2.19. The molecule has 6 heteroatoms. The van der Waals surface area contributed by atoms with Gasteiger partial charge in [0.15, 0.2) is 5.69 Å². The van der Waals surface area contributed by atoms with E-state index in [9.17, 15) is 9.59 Å². The molecule has 108 valence electrons. The van der Waals surface area contributed by atoms with Gasteiger partial charge in [0.1, 0.15) is 0 Å². The van der Waals surface area contributed by atoms with Gasteiger partial charge in [-0.25, -0.2) is 9.59 Å². The van der Waals surface area contributed by atoms with Gasteiger partial charge in [0, 0.05) is 6.07 Å². The fourth-order valence-corrected chi connectivity index (χ4v) is 2.15. The Morgan fingerprint density at radius 3 is 2.90 bits per heavy atom. The van der Waals surface area contributed by atoms with Crippen molar-refractivity contribution in [2.75, 3.05) is 6.61 Å². The van der Waals surface area contributed by atoms with Crippen LogP contribution in [0.15, 0.2) is 15.3 Å². The lowest BCUT2D eigenvalue weighted by Gasteiger charge is -2.04. The minimum Gasteiger partial charge on any atom is -0.461 e. The monoisotopic (exact) mass is 278 g/mol. The molecule has 0 amide bonds. The van der Waals surface area contributed by atoms with Gasteiger partial charge in [0.05, 0.1) is 12.0 Å². The van der Waals surface area contributed by atoms with Crippen molar-refractivity contribution in [2.45, 2.75) is 39.5 Å². The average Bonchev–Trinajstić information content (AvgIpc) is 2.83. The van der Waals surface area contributed by atoms with E-state index in [-0.39, 0.29) is 18.0 Å². The van der Waals surface area contributed by atoms with Crippen LogP contribution < -0.4 is 5.63 Å². The Balaban J connectivity index is 2.45. The number of ether oxygens (including phenoxy) is 1. The first-order chi connectivity index (χ1) is 9.67. The SMILES string of the molecule is CCCCCc1cc(=O)oc2n[nH]c(C(=O)OCC)c12. The topological polar surface area (TPSA) is 85.2 Å². The highest BCUT2D eigenvalue weighted by Crippen LogP contribution is 2.21. The largest absolute Gasteiger partial charge is 0.461 e. The van der Waals surface area contributed by atoms with Crippen LogP contribution in [0, 0.1) is 0 Å². The molecule has 1 N–H and O–H groups in total. The lowest BCUT2D eigenvalue weighted by atomic mass is 10.0. The van der Waals surface area contributed by atoms with Gasteiger partial charge in [-0.3, -0.25) is 5.10 Å². The molecule has 0 unspecified atom stereocenters. The molecule has 20 heavy (non-hydrogen) atoms. The van der Waals surface area contributed by atoms with Gasteiger partial charge in [0.2, 0.25) is 5.71 Å². The number of H-pyrrole nitrogens is 1. The van der Waals surface area contributed by atoms with Crippen molar-refractivity contribution in [3.63, 3.8) is 0 Å². The number of rotatable bonds is 6. The Hall–Kier alpha value is -2.11. The summed E-state index contributed by atoms with van der Waals surface area (Å²) in [4.78, 5) is 23.4. The van der Waals surface area contributed by atoms with E-state index in [1.165, 1.54) is 6.07 Å². The molecule has 0 spiro atoms. The van der Waals surface area contributed by atoms with E-state index in [1.54, 1.807) is 6.92 Å². The molecule has 0 atom stereocenters. The van der Waals surface area contributed by atoms with Crippen LogP contribution in [0.25, 0.3) is 11.1 Å². The zero-order valence-electron chi connectivity index (χ0n) is 11.7. The Kier molecular flexibility index (Phi) is 4.55. The van der Waals surface area contributed by atoms with Crippen LogP contribution in [-0.4, -0.2) is 22.8 Å². The molecule has 0 saturated heterocycles. The number of aromatic nitrogens is 2. The number of hydrogen-bond donors (Lipinski definition) is 1. The number of carbonyl (C=O) groups excluding carboxylic acids is 1. The molecule has 2 aromatic rings. The number of aryl methyl sites for hydroxylation is 1. The second-order valence-electron chi connectivity index (χ2n) is 4.55. The van der Waals surface area contributed by atoms with Crippen molar-refractivity contribution in [1.82, 2.24) is 10.2 Å². The lowest BCUT2D eigenvalue weighted by molar-refractivity contribution is 0.0521. The van der Waals surface area contributed by atoms with E-state index in [4.69, 9.17) is 9.15 Å². The molecular formula is C14H18N2O4. The summed E-state index contributed by atoms with van der Waals surface area (Å²) in [7, 11) is 0. The minimum atomic E-state index is -0.486. The lowest BCUT2D eigenvalue weighted by Crippen LogP contribution is -2.07. The van der Waals surface area contributed by atoms with Crippen LogP contribution >= 0.6 is 0 Å². The standard InChI is InChI=1S/C14H18N2O4/c1-3-5-6-7-9-8-10(17)20-13-11(9)12(15-16-13)14(18)19-4-2/h8H,3-7H2,1-2H3,(H,15,16). The van der Waals surface area contributed by atoms with E-state index in [2.05, 4.69) is 17.1 Å². The number of nitrogens with zero attached hydrogens (tertiary/aromatic N) is 1. The second-order valence-corrected chi connectivity index (χ2v) is 4.55. The van der Waals surface area contributed by atoms with Crippen LogP contribution in [0.1, 0.15) is 49.2 Å². The summed E-state index contributed by atoms with van der Waals surface area (Å²) in [5.41, 5.74) is 0.733. The fraction of sp³-hybridized carbons (Fsp3) is 0.500. The maximum absolute atomic E-state index is 11.9. The van der Waals surface area contributed by atoms with Crippen LogP contribution in [-0.2, 0) is 11.2 Å². The quantitative estimate of drug-likeness (QED) is 0.648. The van der Waals surface area contributed by atoms with Crippen molar-refractivity contribution in [3.8, 4) is 0 Å². The van der Waals surface area contributed by atoms with Crippen LogP contribution in [0.4, 0.5) is 0 Å². The van der Waals surface area contributed by atoms with E-state index < -0.39 is 11.6 Å². The normalized spacial score (nSPS) is 10.9. The van der Waals surface area contributed by atoms with Crippen LogP contribution in [0.5, 0.6) is 0 Å². The molecule has 2 rings (SSSR count). The Bertz CT molecular complexity index is 657. The van der Waals surface area contributed by atoms with Crippen LogP contribution in [0.2, 0.25) is 0 Å². The first kappa shape index (κ1) is 14.3. The van der Waals surface area contributed by atoms with Gasteiger partial charge in [-0.2, -0.15) is 0 Å². The number of aromatic amines is 1. The smallest absolute Gasteiger partial charge is 0.357 e. The predicted octanol–water partition coefficient (Wildman–Crippen LogP) is 2.43. The maximum Gasteiger partial charge on any atom is 0.357 e. The van der Waals surface area contributed by atoms with Gasteiger partial charge in [-0.1, -0.05) is 19.8 Å². The van der Waals surface area contributed by atoms with Crippen molar-refractivity contribution in [1.29, 1.82) is 0 Å². The Labute approximate surface area is 116 Å². The number of hydrogen-bond acceptors (Lipinski definition) is 5. The third-order valence-corrected chi connectivity index (χ3v) is 3.07. The van der Waals surface area contributed by atoms with Crippen molar-refractivity contribution in [2.24, 2.45) is 0 Å². The average molecular weight is 278 g/mol. The highest BCUT2D eigenvalue weighted by atomic mass is 16.5. The fourth-order valence-electron chi connectivity index (χ4n) is 2.15. The molecule has 0 saturated carbocycles. The first-order valence-electron chi connectivity index (χ1n) is 6.85. The molecule has 6 nitrogen and oxygen atoms in total. The number of unbranched alkanes of at least 4 members (excludes halogenated alkanes) is 2. The van der Waals surface area contributed by atoms with Gasteiger partial charge < -0.3 is 9.15 Å². The number of fused-ring (bicyclic) bond motifs is 1. The molecule has 0 fully saturated rings. The van der Waals surface area contributed by atoms with E-state index in [0.29, 0.717) is 11.8 Å². The van der Waals surface area contributed by atoms with E-state index in [1.807, 2.05) is 0 Å². The summed E-state index contributed by atoms with van der Waals surface area (Å²) in [5.74, 6) is -0.486. The summed E-state index contributed by atoms with van der Waals surface area (Å²) in [6.45, 7) is 4.12. The Morgan fingerprint density at radius 1 is 1.40 bits per heavy atom. The van der Waals surface area contributed by atoms with E-state index >= 15 is 0 Å². The van der Waals surface area contributed by atoms with Gasteiger partial charge in [-0.05, 0) is 25.3 Å². The molecular weight excluding hydrogens is 260 g/mol. The molecule has 2 aromatic heterocycles. The van der Waals surface area contributed by atoms with Gasteiger partial charge in [0.25, 0.3) is 0 Å². The maximum atomic E-state index is 11.9. The van der Waals surface area contributed by atoms with E-state index in [0.717, 1.165) is 24.8 Å². The zero-order valence-corrected chi connectivity index (χ0v) is 11.7. The number of esters is 1. The first-order valence-corrected chi connectivity index (χ1v) is 6.85. The molecule has 0 aliphatic rings. The molecule has 2 heterocycles. The number of nitrogens with one attached hydrogen (secondary N) is 1. The summed E-state index contributed by atoms with van der Waals surface area (Å²) in [6, 6.07) is 1.43. The number of carbonyl (C=O) groups is 1. The minimum absolute atomic E-state index is 0.159. The summed E-state index contributed by atoms with van der Waals surface area (Å²) >= 11 is 0. The van der Waals surface area contributed by atoms with Crippen molar-refractivity contribution >= 4 is 17.1 Å². The second kappa shape index (κ2) is 6.36. The summed E-state index contributed by atoms with van der Waals surface area (Å²) < 4.78 is 9.99. The highest BCUT2D eigenvalue weighted by molar-refractivity contribution is 6.01. The predicted molar refractivity (Wildman–Crippen MR) is 73.8 cm³/mol. The third-order valence-electron chi connectivity index (χ3n) is 3.07. The third kappa shape index (κ3) is 2.89. The molecule has 0 aromatic carbocycles. The van der Waals surface area contributed by atoms with Gasteiger partial charge >= 0.3 is 11.6 Å². The molecule has 0 aliphatic carbocycles. The molecule has 0 bridgehead atoms. The molecule has 0 aliphatic heterocycles.